The number of carbonyl (C=O) groups excluding carboxylic acids is 1. The van der Waals surface area contributed by atoms with Gasteiger partial charge in [0.25, 0.3) is 0 Å². The Kier molecular flexibility index (Phi) is 4.78. The Morgan fingerprint density at radius 2 is 2.41 bits per heavy atom. The molecule has 0 aromatic carbocycles. The Morgan fingerprint density at radius 1 is 1.71 bits per heavy atom. The van der Waals surface area contributed by atoms with Crippen LogP contribution in [0.2, 0.25) is 0 Å². The summed E-state index contributed by atoms with van der Waals surface area (Å²) in [5, 5.41) is 8.74. The number of allylic oxidation sites excluding steroid dienone is 1. The number of rotatable bonds is 6. The first-order chi connectivity index (χ1) is 8.10. The molecule has 1 aromatic heterocycles. The summed E-state index contributed by atoms with van der Waals surface area (Å²) in [6.07, 6.45) is 3.74. The van der Waals surface area contributed by atoms with Crippen molar-refractivity contribution in [2.45, 2.75) is 19.8 Å². The minimum absolute atomic E-state index is 0.0749. The number of aromatic amines is 1. The maximum Gasteiger partial charge on any atom is 0.226 e. The highest BCUT2D eigenvalue weighted by molar-refractivity contribution is 5.82. The van der Waals surface area contributed by atoms with Crippen LogP contribution in [0.4, 0.5) is 0 Å². The van der Waals surface area contributed by atoms with Crippen LogP contribution >= 0.6 is 0 Å². The third-order valence-electron chi connectivity index (χ3n) is 2.39. The van der Waals surface area contributed by atoms with Crippen LogP contribution in [-0.4, -0.2) is 29.2 Å². The molecule has 0 unspecified atom stereocenters. The second-order valence-corrected chi connectivity index (χ2v) is 3.70. The minimum Gasteiger partial charge on any atom is -0.489 e. The Hall–Kier alpha value is -1.75. The average molecular weight is 238 g/mol. The van der Waals surface area contributed by atoms with Gasteiger partial charge in [-0.25, -0.2) is 0 Å². The zero-order chi connectivity index (χ0) is 12.8. The van der Waals surface area contributed by atoms with Crippen LogP contribution in [-0.2, 0) is 4.79 Å². The number of aliphatic hydroxyl groups excluding tert-OH is 1. The fourth-order valence-electron chi connectivity index (χ4n) is 1.48. The third-order valence-corrected chi connectivity index (χ3v) is 2.39. The summed E-state index contributed by atoms with van der Waals surface area (Å²) in [6, 6.07) is 1.78. The molecular formula is C12H18N2O3. The van der Waals surface area contributed by atoms with Gasteiger partial charge in [-0.3, -0.25) is 4.79 Å². The van der Waals surface area contributed by atoms with Gasteiger partial charge in [0.1, 0.15) is 12.4 Å². The summed E-state index contributed by atoms with van der Waals surface area (Å²) >= 11 is 0. The van der Waals surface area contributed by atoms with Crippen LogP contribution in [0.25, 0.3) is 6.08 Å². The lowest BCUT2D eigenvalue weighted by molar-refractivity contribution is -0.119. The predicted molar refractivity (Wildman–Crippen MR) is 65.7 cm³/mol. The zero-order valence-electron chi connectivity index (χ0n) is 10.1. The lowest BCUT2D eigenvalue weighted by Gasteiger charge is -2.09. The smallest absolute Gasteiger partial charge is 0.226 e. The topological polar surface area (TPSA) is 88.3 Å². The molecule has 1 amide bonds. The van der Waals surface area contributed by atoms with E-state index in [1.807, 2.05) is 19.1 Å². The van der Waals surface area contributed by atoms with Crippen molar-refractivity contribution in [2.75, 3.05) is 13.2 Å². The molecule has 17 heavy (non-hydrogen) atoms. The first kappa shape index (κ1) is 13.3. The van der Waals surface area contributed by atoms with E-state index >= 15 is 0 Å². The van der Waals surface area contributed by atoms with Crippen molar-refractivity contribution in [3.63, 3.8) is 0 Å². The molecule has 0 aliphatic heterocycles. The summed E-state index contributed by atoms with van der Waals surface area (Å²) < 4.78 is 5.36. The zero-order valence-corrected chi connectivity index (χ0v) is 10.1. The molecule has 5 heteroatoms. The van der Waals surface area contributed by atoms with Gasteiger partial charge in [-0.05, 0) is 19.9 Å². The van der Waals surface area contributed by atoms with Crippen molar-refractivity contribution < 1.29 is 14.6 Å². The van der Waals surface area contributed by atoms with Crippen LogP contribution < -0.4 is 10.5 Å². The maximum atomic E-state index is 11.2. The van der Waals surface area contributed by atoms with E-state index in [1.165, 1.54) is 0 Å². The highest BCUT2D eigenvalue weighted by Gasteiger charge is 2.19. The molecule has 0 saturated carbocycles. The first-order valence-electron chi connectivity index (χ1n) is 5.48. The van der Waals surface area contributed by atoms with Crippen molar-refractivity contribution in [3.8, 4) is 5.75 Å². The number of nitrogens with one attached hydrogen (secondary N) is 1. The number of nitrogens with two attached hydrogens (primary N) is 1. The van der Waals surface area contributed by atoms with E-state index in [0.717, 1.165) is 5.69 Å². The number of hydrogen-bond acceptors (Lipinski definition) is 3. The van der Waals surface area contributed by atoms with Crippen molar-refractivity contribution >= 4 is 12.0 Å². The summed E-state index contributed by atoms with van der Waals surface area (Å²) in [4.78, 5) is 14.3. The Morgan fingerprint density at radius 3 is 2.94 bits per heavy atom. The van der Waals surface area contributed by atoms with Gasteiger partial charge in [0.2, 0.25) is 5.91 Å². The quantitative estimate of drug-likeness (QED) is 0.691. The molecule has 1 heterocycles. The van der Waals surface area contributed by atoms with E-state index in [1.54, 1.807) is 13.0 Å². The van der Waals surface area contributed by atoms with Crippen LogP contribution in [0, 0.1) is 0 Å². The molecule has 0 spiro atoms. The number of aromatic nitrogens is 1. The highest BCUT2D eigenvalue weighted by Crippen LogP contribution is 2.27. The normalized spacial score (nSPS) is 12.9. The van der Waals surface area contributed by atoms with Gasteiger partial charge in [-0.15, -0.1) is 0 Å². The van der Waals surface area contributed by atoms with Gasteiger partial charge in [-0.1, -0.05) is 6.08 Å². The molecule has 0 aliphatic rings. The second kappa shape index (κ2) is 6.10. The molecule has 1 aromatic rings. The third kappa shape index (κ3) is 3.35. The number of hydrogen-bond donors (Lipinski definition) is 3. The Labute approximate surface area is 100 Å². The van der Waals surface area contributed by atoms with Crippen molar-refractivity contribution in [2.24, 2.45) is 5.73 Å². The Bertz CT molecular complexity index is 410. The lowest BCUT2D eigenvalue weighted by atomic mass is 10.1. The molecule has 0 bridgehead atoms. The van der Waals surface area contributed by atoms with E-state index < -0.39 is 11.8 Å². The van der Waals surface area contributed by atoms with Crippen LogP contribution in [0.5, 0.6) is 5.75 Å². The summed E-state index contributed by atoms with van der Waals surface area (Å²) in [6.45, 7) is 3.71. The molecular weight excluding hydrogens is 220 g/mol. The summed E-state index contributed by atoms with van der Waals surface area (Å²) in [5.41, 5.74) is 6.74. The molecule has 94 valence electrons. The number of aliphatic hydroxyl groups is 1. The van der Waals surface area contributed by atoms with Gasteiger partial charge >= 0.3 is 0 Å². The fourth-order valence-corrected chi connectivity index (χ4v) is 1.48. The molecule has 0 saturated heterocycles. The van der Waals surface area contributed by atoms with E-state index in [-0.39, 0.29) is 13.2 Å². The van der Waals surface area contributed by atoms with Gasteiger partial charge in [-0.2, -0.15) is 0 Å². The average Bonchev–Trinajstić information content (AvgIpc) is 2.68. The number of carbonyl (C=O) groups is 1. The molecule has 0 fully saturated rings. The van der Waals surface area contributed by atoms with Crippen LogP contribution in [0.15, 0.2) is 12.1 Å². The highest BCUT2D eigenvalue weighted by atomic mass is 16.5. The molecule has 4 N–H and O–H groups in total. The predicted octanol–water partition coefficient (Wildman–Crippen LogP) is 1.01. The molecule has 0 radical (unpaired) electrons. The lowest BCUT2D eigenvalue weighted by Crippen LogP contribution is -2.19. The van der Waals surface area contributed by atoms with E-state index in [2.05, 4.69) is 4.98 Å². The molecule has 0 aliphatic carbocycles. The summed E-state index contributed by atoms with van der Waals surface area (Å²) in [7, 11) is 0. The number of primary amides is 1. The van der Waals surface area contributed by atoms with E-state index in [9.17, 15) is 4.79 Å². The Balaban J connectivity index is 3.02. The van der Waals surface area contributed by atoms with Crippen molar-refractivity contribution in [1.82, 2.24) is 4.98 Å². The van der Waals surface area contributed by atoms with Gasteiger partial charge < -0.3 is 20.6 Å². The second-order valence-electron chi connectivity index (χ2n) is 3.70. The van der Waals surface area contributed by atoms with Crippen LogP contribution in [0.1, 0.15) is 31.2 Å². The number of ether oxygens (including phenoxy) is 1. The van der Waals surface area contributed by atoms with Crippen molar-refractivity contribution in [1.29, 1.82) is 0 Å². The van der Waals surface area contributed by atoms with Crippen molar-refractivity contribution in [3.05, 3.63) is 23.5 Å². The van der Waals surface area contributed by atoms with E-state index in [4.69, 9.17) is 15.6 Å². The summed E-state index contributed by atoms with van der Waals surface area (Å²) in [5.74, 6) is -0.325. The minimum atomic E-state index is -0.456. The van der Waals surface area contributed by atoms with Crippen LogP contribution in [0.3, 0.4) is 0 Å². The first-order valence-corrected chi connectivity index (χ1v) is 5.48. The van der Waals surface area contributed by atoms with Gasteiger partial charge in [0, 0.05) is 11.8 Å². The molecule has 1 rings (SSSR count). The monoisotopic (exact) mass is 238 g/mol. The van der Waals surface area contributed by atoms with Gasteiger partial charge in [0.05, 0.1) is 18.2 Å². The number of amides is 1. The fraction of sp³-hybridized carbons (Fsp3) is 0.417. The largest absolute Gasteiger partial charge is 0.489 e. The number of H-pyrrole nitrogens is 1. The molecule has 5 nitrogen and oxygen atoms in total. The van der Waals surface area contributed by atoms with E-state index in [0.29, 0.717) is 11.4 Å². The molecule has 1 atom stereocenters. The maximum absolute atomic E-state index is 11.2. The standard InChI is InChI=1S/C12H18N2O3/c1-3-4-9-7-10(17-6-5-15)11(14-9)8(2)12(13)16/h3-4,7-8,14-15H,5-6H2,1-2H3,(H2,13,16)/b4-3+/t8-/m1/s1. The SMILES string of the molecule is C/C=C/c1cc(OCCO)c([C@@H](C)C(N)=O)[nH]1. The van der Waals surface area contributed by atoms with Gasteiger partial charge in [0.15, 0.2) is 0 Å².